The zero-order valence-corrected chi connectivity index (χ0v) is 21.3. The lowest BCUT2D eigenvalue weighted by Crippen LogP contribution is -2.41. The smallest absolute Gasteiger partial charge is 0.350 e. The predicted octanol–water partition coefficient (Wildman–Crippen LogP) is 3.04. The monoisotopic (exact) mass is 495 g/mol. The van der Waals surface area contributed by atoms with Crippen LogP contribution in [0.2, 0.25) is 0 Å². The van der Waals surface area contributed by atoms with Gasteiger partial charge in [-0.3, -0.25) is 4.57 Å². The van der Waals surface area contributed by atoms with Crippen molar-refractivity contribution in [3.05, 3.63) is 40.4 Å². The van der Waals surface area contributed by atoms with Gasteiger partial charge in [0.05, 0.1) is 11.9 Å². The molecule has 3 aliphatic rings. The number of rotatable bonds is 9. The summed E-state index contributed by atoms with van der Waals surface area (Å²) in [6, 6.07) is 7.04. The Kier molecular flexibility index (Phi) is 8.21. The molecule has 0 unspecified atom stereocenters. The van der Waals surface area contributed by atoms with Crippen molar-refractivity contribution in [1.29, 1.82) is 0 Å². The van der Waals surface area contributed by atoms with Crippen LogP contribution in [-0.2, 0) is 0 Å². The second-order valence-corrected chi connectivity index (χ2v) is 10.4. The largest absolute Gasteiger partial charge is 0.450 e. The molecule has 0 radical (unpaired) electrons. The number of benzene rings is 1. The molecule has 1 saturated carbocycles. The summed E-state index contributed by atoms with van der Waals surface area (Å²) in [5, 5.41) is 6.78. The van der Waals surface area contributed by atoms with Gasteiger partial charge in [0.15, 0.2) is 17.3 Å². The number of nitrogens with two attached hydrogens (primary N) is 2. The number of piperidine rings is 1. The van der Waals surface area contributed by atoms with Gasteiger partial charge in [0.2, 0.25) is 0 Å². The molecule has 9 heteroatoms. The average molecular weight is 496 g/mol. The van der Waals surface area contributed by atoms with Crippen molar-refractivity contribution in [3.8, 4) is 11.5 Å². The number of nitrogens with one attached hydrogen (secondary N) is 2. The Morgan fingerprint density at radius 3 is 2.42 bits per heavy atom. The molecule has 36 heavy (non-hydrogen) atoms. The van der Waals surface area contributed by atoms with Gasteiger partial charge in [-0.1, -0.05) is 6.07 Å². The van der Waals surface area contributed by atoms with Crippen LogP contribution in [0.1, 0.15) is 68.9 Å². The van der Waals surface area contributed by atoms with Gasteiger partial charge in [-0.2, -0.15) is 4.98 Å². The van der Waals surface area contributed by atoms with Crippen molar-refractivity contribution >= 4 is 11.5 Å². The molecule has 2 aliphatic heterocycles. The van der Waals surface area contributed by atoms with Gasteiger partial charge in [-0.05, 0) is 114 Å². The molecule has 9 nitrogen and oxygen atoms in total. The van der Waals surface area contributed by atoms with E-state index in [4.69, 9.17) is 16.2 Å². The summed E-state index contributed by atoms with van der Waals surface area (Å²) in [6.07, 6.45) is 10.2. The summed E-state index contributed by atoms with van der Waals surface area (Å²) in [7, 11) is 0. The van der Waals surface area contributed by atoms with Crippen molar-refractivity contribution in [2.24, 2.45) is 11.5 Å². The maximum absolute atomic E-state index is 13.0. The summed E-state index contributed by atoms with van der Waals surface area (Å²) >= 11 is 0. The SMILES string of the molecule is NCCCN(CCCN)C1CCC(n2cc3c(nc2=O)Nc2cc(C4CCNCC4)ccc2O3)CC1. The van der Waals surface area contributed by atoms with Crippen LogP contribution in [0.4, 0.5) is 11.5 Å². The highest BCUT2D eigenvalue weighted by Crippen LogP contribution is 2.42. The highest BCUT2D eigenvalue weighted by Gasteiger charge is 2.29. The summed E-state index contributed by atoms with van der Waals surface area (Å²) in [5.41, 5.74) is 13.5. The number of ether oxygens (including phenoxy) is 1. The first kappa shape index (κ1) is 25.2. The Bertz CT molecular complexity index is 1070. The van der Waals surface area contributed by atoms with Crippen molar-refractivity contribution in [2.75, 3.05) is 44.6 Å². The molecule has 0 atom stereocenters. The van der Waals surface area contributed by atoms with Gasteiger partial charge >= 0.3 is 5.69 Å². The van der Waals surface area contributed by atoms with E-state index in [1.165, 1.54) is 5.56 Å². The standard InChI is InChI=1S/C27H41N7O2/c28-11-1-15-33(16-2-12-29)21-4-6-22(7-5-21)34-18-25-26(32-27(34)35)31-23-17-20(3-8-24(23)36-25)19-9-13-30-14-10-19/h3,8,17-19,21-22,30H,1-2,4-7,9-16,28-29H2,(H,31,32,35). The summed E-state index contributed by atoms with van der Waals surface area (Å²) in [5.74, 6) is 2.46. The highest BCUT2D eigenvalue weighted by molar-refractivity contribution is 5.73. The second kappa shape index (κ2) is 11.7. The maximum atomic E-state index is 13.0. The minimum atomic E-state index is -0.214. The van der Waals surface area contributed by atoms with E-state index in [0.717, 1.165) is 89.0 Å². The van der Waals surface area contributed by atoms with Gasteiger partial charge < -0.3 is 31.7 Å². The van der Waals surface area contributed by atoms with Crippen LogP contribution in [0.5, 0.6) is 11.5 Å². The molecule has 1 aliphatic carbocycles. The topological polar surface area (TPSA) is 123 Å². The van der Waals surface area contributed by atoms with Gasteiger partial charge in [0, 0.05) is 12.1 Å². The molecule has 0 bridgehead atoms. The first-order valence-corrected chi connectivity index (χ1v) is 13.7. The first-order chi connectivity index (χ1) is 17.7. The number of fused-ring (bicyclic) bond motifs is 2. The second-order valence-electron chi connectivity index (χ2n) is 10.4. The number of hydrogen-bond acceptors (Lipinski definition) is 8. The van der Waals surface area contributed by atoms with E-state index in [9.17, 15) is 4.79 Å². The number of anilines is 2. The lowest BCUT2D eigenvalue weighted by atomic mass is 9.89. The van der Waals surface area contributed by atoms with Gasteiger partial charge in [-0.25, -0.2) is 4.79 Å². The van der Waals surface area contributed by atoms with Crippen LogP contribution in [-0.4, -0.2) is 59.8 Å². The number of nitrogens with zero attached hydrogens (tertiary/aromatic N) is 3. The molecule has 0 spiro atoms. The molecule has 5 rings (SSSR count). The molecule has 1 saturated heterocycles. The lowest BCUT2D eigenvalue weighted by molar-refractivity contribution is 0.134. The fourth-order valence-electron chi connectivity index (χ4n) is 6.03. The third-order valence-electron chi connectivity index (χ3n) is 8.08. The van der Waals surface area contributed by atoms with Gasteiger partial charge in [-0.15, -0.1) is 0 Å². The minimum absolute atomic E-state index is 0.143. The van der Waals surface area contributed by atoms with Gasteiger partial charge in [0.1, 0.15) is 0 Å². The van der Waals surface area contributed by atoms with Crippen molar-refractivity contribution in [3.63, 3.8) is 0 Å². The Morgan fingerprint density at radius 1 is 1.00 bits per heavy atom. The lowest BCUT2D eigenvalue weighted by Gasteiger charge is -2.37. The molecule has 2 aromatic rings. The van der Waals surface area contributed by atoms with Crippen LogP contribution < -0.4 is 32.5 Å². The van der Waals surface area contributed by atoms with Crippen molar-refractivity contribution in [1.82, 2.24) is 19.8 Å². The summed E-state index contributed by atoms with van der Waals surface area (Å²) in [4.78, 5) is 20.0. The van der Waals surface area contributed by atoms with Crippen LogP contribution in [0.3, 0.4) is 0 Å². The fraction of sp³-hybridized carbons (Fsp3) is 0.630. The molecule has 2 fully saturated rings. The van der Waals surface area contributed by atoms with E-state index >= 15 is 0 Å². The number of aromatic nitrogens is 2. The summed E-state index contributed by atoms with van der Waals surface area (Å²) < 4.78 is 8.01. The molecule has 196 valence electrons. The van der Waals surface area contributed by atoms with E-state index in [1.807, 2.05) is 12.3 Å². The van der Waals surface area contributed by atoms with E-state index in [0.29, 0.717) is 36.6 Å². The Balaban J connectivity index is 1.26. The van der Waals surface area contributed by atoms with Gasteiger partial charge in [0.25, 0.3) is 0 Å². The molecule has 1 aromatic heterocycles. The quantitative estimate of drug-likeness (QED) is 0.357. The molecular formula is C27H41N7O2. The van der Waals surface area contributed by atoms with Crippen molar-refractivity contribution < 1.29 is 4.74 Å². The number of hydrogen-bond donors (Lipinski definition) is 4. The molecule has 0 amide bonds. The Labute approximate surface area is 213 Å². The molecular weight excluding hydrogens is 454 g/mol. The van der Waals surface area contributed by atoms with Crippen LogP contribution >= 0.6 is 0 Å². The van der Waals surface area contributed by atoms with Crippen LogP contribution in [0.25, 0.3) is 0 Å². The van der Waals surface area contributed by atoms with E-state index < -0.39 is 0 Å². The van der Waals surface area contributed by atoms with Crippen LogP contribution in [0.15, 0.2) is 29.2 Å². The molecule has 1 aromatic carbocycles. The Morgan fingerprint density at radius 2 is 1.72 bits per heavy atom. The fourth-order valence-corrected chi connectivity index (χ4v) is 6.03. The normalized spacial score (nSPS) is 22.0. The van der Waals surface area contributed by atoms with Crippen LogP contribution in [0, 0.1) is 0 Å². The zero-order chi connectivity index (χ0) is 24.9. The average Bonchev–Trinajstić information content (AvgIpc) is 2.92. The highest BCUT2D eigenvalue weighted by atomic mass is 16.5. The Hall–Kier alpha value is -2.46. The maximum Gasteiger partial charge on any atom is 0.350 e. The van der Waals surface area contributed by atoms with E-state index in [-0.39, 0.29) is 11.7 Å². The molecule has 6 N–H and O–H groups in total. The third-order valence-corrected chi connectivity index (χ3v) is 8.08. The predicted molar refractivity (Wildman–Crippen MR) is 143 cm³/mol. The van der Waals surface area contributed by atoms with Crippen molar-refractivity contribution in [2.45, 2.75) is 69.4 Å². The zero-order valence-electron chi connectivity index (χ0n) is 21.3. The third kappa shape index (κ3) is 5.59. The first-order valence-electron chi connectivity index (χ1n) is 13.7. The molecule has 3 heterocycles. The minimum Gasteiger partial charge on any atom is -0.450 e. The van der Waals surface area contributed by atoms with E-state index in [1.54, 1.807) is 4.57 Å². The van der Waals surface area contributed by atoms with E-state index in [2.05, 4.69) is 32.7 Å². The summed E-state index contributed by atoms with van der Waals surface area (Å²) in [6.45, 7) is 5.56.